The smallest absolute Gasteiger partial charge is 0.382 e. The number of aromatic nitrogens is 4. The lowest BCUT2D eigenvalue weighted by atomic mass is 10.0. The zero-order valence-corrected chi connectivity index (χ0v) is 18.6. The van der Waals surface area contributed by atoms with E-state index in [1.807, 2.05) is 0 Å². The normalized spacial score (nSPS) is 12.1. The number of fused-ring (bicyclic) bond motifs is 1. The molecule has 0 bridgehead atoms. The van der Waals surface area contributed by atoms with E-state index in [9.17, 15) is 31.1 Å². The molecule has 3 aromatic heterocycles. The van der Waals surface area contributed by atoms with Gasteiger partial charge >= 0.3 is 18.4 Å². The standard InChI is InChI=1S/C22H17F6N7O2/c23-21(24,25)10-37-9-13-8-35-18(19(29)31-11-32-35)17(13)12-1-3-15(4-2-12)33-20(36)34-16-7-14(5-6-30-16)22(26,27)28/h1-8,11H,9-10H2,(H2,29,31,32)(H2,30,33,34,36). The van der Waals surface area contributed by atoms with E-state index in [1.165, 1.54) is 29.2 Å². The SMILES string of the molecule is Nc1ncnn2cc(COCC(F)(F)F)c(-c3ccc(NC(=O)Nc4cc(C(F)(F)F)ccn4)cc3)c12. The minimum atomic E-state index is -4.60. The van der Waals surface area contributed by atoms with Crippen molar-refractivity contribution in [3.05, 3.63) is 66.2 Å². The van der Waals surface area contributed by atoms with Gasteiger partial charge in [0, 0.05) is 29.2 Å². The average molecular weight is 525 g/mol. The molecule has 15 heteroatoms. The first-order chi connectivity index (χ1) is 17.4. The Morgan fingerprint density at radius 2 is 1.76 bits per heavy atom. The van der Waals surface area contributed by atoms with Crippen molar-refractivity contribution in [2.45, 2.75) is 19.0 Å². The Balaban J connectivity index is 1.53. The Morgan fingerprint density at radius 3 is 2.43 bits per heavy atom. The van der Waals surface area contributed by atoms with Crippen molar-refractivity contribution in [1.82, 2.24) is 19.6 Å². The van der Waals surface area contributed by atoms with Crippen molar-refractivity contribution < 1.29 is 35.9 Å². The number of pyridine rings is 1. The molecule has 194 valence electrons. The Morgan fingerprint density at radius 1 is 1.03 bits per heavy atom. The molecule has 0 atom stereocenters. The predicted molar refractivity (Wildman–Crippen MR) is 120 cm³/mol. The zero-order chi connectivity index (χ0) is 26.8. The van der Waals surface area contributed by atoms with Crippen LogP contribution in [0, 0.1) is 0 Å². The van der Waals surface area contributed by atoms with Crippen LogP contribution in [-0.2, 0) is 17.5 Å². The highest BCUT2D eigenvalue weighted by atomic mass is 19.4. The summed E-state index contributed by atoms with van der Waals surface area (Å²) in [5.74, 6) is -0.217. The summed E-state index contributed by atoms with van der Waals surface area (Å²) < 4.78 is 82.3. The number of hydrogen-bond donors (Lipinski definition) is 3. The van der Waals surface area contributed by atoms with E-state index in [4.69, 9.17) is 10.5 Å². The largest absolute Gasteiger partial charge is 0.416 e. The summed E-state index contributed by atoms with van der Waals surface area (Å²) in [6.07, 6.45) is -5.52. The Labute approximate surface area is 204 Å². The van der Waals surface area contributed by atoms with E-state index in [0.717, 1.165) is 12.3 Å². The van der Waals surface area contributed by atoms with Gasteiger partial charge in [-0.1, -0.05) is 12.1 Å². The average Bonchev–Trinajstić information content (AvgIpc) is 3.18. The van der Waals surface area contributed by atoms with Gasteiger partial charge in [0.15, 0.2) is 5.82 Å². The van der Waals surface area contributed by atoms with Gasteiger partial charge < -0.3 is 15.8 Å². The van der Waals surface area contributed by atoms with Crippen LogP contribution in [0.5, 0.6) is 0 Å². The van der Waals surface area contributed by atoms with E-state index in [-0.39, 0.29) is 23.9 Å². The number of ether oxygens (including phenoxy) is 1. The second kappa shape index (κ2) is 9.93. The third kappa shape index (κ3) is 6.24. The molecular formula is C22H17F6N7O2. The molecule has 0 saturated heterocycles. The highest BCUT2D eigenvalue weighted by molar-refractivity contribution is 5.99. The molecule has 4 rings (SSSR count). The molecular weight excluding hydrogens is 508 g/mol. The van der Waals surface area contributed by atoms with Gasteiger partial charge in [-0.2, -0.15) is 31.4 Å². The predicted octanol–water partition coefficient (Wildman–Crippen LogP) is 5.12. The summed E-state index contributed by atoms with van der Waals surface area (Å²) in [6.45, 7) is -1.83. The van der Waals surface area contributed by atoms with Crippen LogP contribution in [-0.4, -0.2) is 38.4 Å². The molecule has 0 unspecified atom stereocenters. The first-order valence-electron chi connectivity index (χ1n) is 10.4. The number of amides is 2. The molecule has 9 nitrogen and oxygen atoms in total. The number of hydrogen-bond acceptors (Lipinski definition) is 6. The molecule has 4 aromatic rings. The third-order valence-corrected chi connectivity index (χ3v) is 4.96. The van der Waals surface area contributed by atoms with Crippen molar-refractivity contribution in [3.8, 4) is 11.1 Å². The number of rotatable bonds is 6. The summed E-state index contributed by atoms with van der Waals surface area (Å²) in [6, 6.07) is 6.72. The Hall–Kier alpha value is -4.40. The van der Waals surface area contributed by atoms with Crippen LogP contribution in [0.3, 0.4) is 0 Å². The van der Waals surface area contributed by atoms with Crippen LogP contribution in [0.1, 0.15) is 11.1 Å². The second-order valence-electron chi connectivity index (χ2n) is 7.66. The maximum absolute atomic E-state index is 12.8. The molecule has 3 heterocycles. The summed E-state index contributed by atoms with van der Waals surface area (Å²) in [5, 5.41) is 8.70. The minimum absolute atomic E-state index is 0.0854. The van der Waals surface area contributed by atoms with Gasteiger partial charge in [-0.05, 0) is 29.8 Å². The van der Waals surface area contributed by atoms with E-state index in [2.05, 4.69) is 25.7 Å². The number of benzene rings is 1. The summed E-state index contributed by atoms with van der Waals surface area (Å²) in [7, 11) is 0. The van der Waals surface area contributed by atoms with Crippen molar-refractivity contribution in [1.29, 1.82) is 0 Å². The summed E-state index contributed by atoms with van der Waals surface area (Å²) >= 11 is 0. The van der Waals surface area contributed by atoms with Gasteiger partial charge in [0.2, 0.25) is 0 Å². The van der Waals surface area contributed by atoms with Gasteiger partial charge in [-0.3, -0.25) is 5.32 Å². The summed E-state index contributed by atoms with van der Waals surface area (Å²) in [4.78, 5) is 19.9. The van der Waals surface area contributed by atoms with E-state index in [1.54, 1.807) is 12.1 Å². The number of halogens is 6. The van der Waals surface area contributed by atoms with Gasteiger partial charge in [-0.25, -0.2) is 19.3 Å². The number of alkyl halides is 6. The lowest BCUT2D eigenvalue weighted by Crippen LogP contribution is -2.20. The van der Waals surface area contributed by atoms with Crippen LogP contribution in [0.4, 0.5) is 48.5 Å². The van der Waals surface area contributed by atoms with Crippen LogP contribution in [0.15, 0.2) is 55.1 Å². The fourth-order valence-electron chi connectivity index (χ4n) is 3.47. The third-order valence-electron chi connectivity index (χ3n) is 4.96. The highest BCUT2D eigenvalue weighted by Gasteiger charge is 2.31. The molecule has 0 aliphatic rings. The molecule has 0 aliphatic carbocycles. The van der Waals surface area contributed by atoms with Gasteiger partial charge in [0.1, 0.15) is 24.3 Å². The molecule has 0 radical (unpaired) electrons. The molecule has 1 aromatic carbocycles. The minimum Gasteiger partial charge on any atom is -0.382 e. The molecule has 0 fully saturated rings. The number of urea groups is 1. The number of carbonyl (C=O) groups excluding carboxylic acids is 1. The number of nitrogen functional groups attached to an aromatic ring is 1. The molecule has 0 aliphatic heterocycles. The quantitative estimate of drug-likeness (QED) is 0.301. The zero-order valence-electron chi connectivity index (χ0n) is 18.6. The lowest BCUT2D eigenvalue weighted by Gasteiger charge is -2.11. The van der Waals surface area contributed by atoms with Crippen LogP contribution in [0.25, 0.3) is 16.6 Å². The molecule has 0 spiro atoms. The van der Waals surface area contributed by atoms with Crippen molar-refractivity contribution in [2.24, 2.45) is 0 Å². The first-order valence-corrected chi connectivity index (χ1v) is 10.4. The van der Waals surface area contributed by atoms with Crippen LogP contribution >= 0.6 is 0 Å². The lowest BCUT2D eigenvalue weighted by molar-refractivity contribution is -0.176. The highest BCUT2D eigenvalue weighted by Crippen LogP contribution is 2.34. The van der Waals surface area contributed by atoms with Crippen molar-refractivity contribution >= 4 is 28.9 Å². The Bertz CT molecular complexity index is 1420. The van der Waals surface area contributed by atoms with E-state index >= 15 is 0 Å². The topological polar surface area (TPSA) is 119 Å². The molecule has 0 saturated carbocycles. The van der Waals surface area contributed by atoms with Crippen molar-refractivity contribution in [2.75, 3.05) is 23.0 Å². The van der Waals surface area contributed by atoms with Gasteiger partial charge in [0.25, 0.3) is 0 Å². The number of carbonyl (C=O) groups is 1. The van der Waals surface area contributed by atoms with Gasteiger partial charge in [-0.15, -0.1) is 0 Å². The fraction of sp³-hybridized carbons (Fsp3) is 0.182. The maximum Gasteiger partial charge on any atom is 0.416 e. The number of nitrogens with one attached hydrogen (secondary N) is 2. The Kier molecular flexibility index (Phi) is 6.89. The molecule has 2 amide bonds. The maximum atomic E-state index is 12.8. The van der Waals surface area contributed by atoms with E-state index in [0.29, 0.717) is 28.3 Å². The van der Waals surface area contributed by atoms with Crippen LogP contribution < -0.4 is 16.4 Å². The first kappa shape index (κ1) is 25.7. The number of nitrogens with two attached hydrogens (primary N) is 1. The summed E-state index contributed by atoms with van der Waals surface area (Å²) in [5.41, 5.74) is 6.94. The monoisotopic (exact) mass is 525 g/mol. The number of nitrogens with zero attached hydrogens (tertiary/aromatic N) is 4. The van der Waals surface area contributed by atoms with E-state index < -0.39 is 30.6 Å². The molecule has 4 N–H and O–H groups in total. The fourth-order valence-corrected chi connectivity index (χ4v) is 3.47. The van der Waals surface area contributed by atoms with Gasteiger partial charge in [0.05, 0.1) is 12.2 Å². The van der Waals surface area contributed by atoms with Crippen molar-refractivity contribution in [3.63, 3.8) is 0 Å². The van der Waals surface area contributed by atoms with Crippen LogP contribution in [0.2, 0.25) is 0 Å². The second-order valence-corrected chi connectivity index (χ2v) is 7.66. The number of anilines is 3. The molecule has 37 heavy (non-hydrogen) atoms.